The molecule has 0 radical (unpaired) electrons. The fourth-order valence-electron chi connectivity index (χ4n) is 8.33. The van der Waals surface area contributed by atoms with Gasteiger partial charge in [-0.3, -0.25) is 14.9 Å². The lowest BCUT2D eigenvalue weighted by Crippen LogP contribution is -2.71. The molecule has 372 valence electrons. The Labute approximate surface area is 367 Å². The number of primary amides is 1. The monoisotopic (exact) mass is 934 g/mol. The second-order valence-corrected chi connectivity index (χ2v) is 16.8. The van der Waals surface area contributed by atoms with Crippen LogP contribution in [0.5, 0.6) is 0 Å². The number of aliphatic hydroxyl groups is 11. The average molecular weight is 935 g/mol. The highest BCUT2D eigenvalue weighted by Gasteiger charge is 2.57. The Bertz CT molecular complexity index is 1490. The van der Waals surface area contributed by atoms with Crippen molar-refractivity contribution in [3.8, 4) is 0 Å². The van der Waals surface area contributed by atoms with Crippen LogP contribution in [0.2, 0.25) is 0 Å². The van der Waals surface area contributed by atoms with Crippen LogP contribution in [0.1, 0.15) is 34.6 Å². The minimum Gasteiger partial charge on any atom is -0.457 e. The first-order valence-corrected chi connectivity index (χ1v) is 21.1. The molecule has 5 rings (SSSR count). The van der Waals surface area contributed by atoms with Gasteiger partial charge in [0, 0.05) is 20.0 Å². The number of carbonyl (C=O) groups excluding carboxylic acids is 2. The summed E-state index contributed by atoms with van der Waals surface area (Å²) in [6.07, 6.45) is -36.0. The van der Waals surface area contributed by atoms with Crippen LogP contribution < -0.4 is 11.1 Å². The maximum absolute atomic E-state index is 12.4. The Morgan fingerprint density at radius 2 is 1.08 bits per heavy atom. The number of amides is 1. The summed E-state index contributed by atoms with van der Waals surface area (Å²) in [5.74, 6) is -2.10. The first-order chi connectivity index (χ1) is 30.2. The van der Waals surface area contributed by atoms with E-state index in [0.29, 0.717) is 0 Å². The molecule has 64 heavy (non-hydrogen) atoms. The number of esters is 1. The van der Waals surface area contributed by atoms with Gasteiger partial charge in [-0.25, -0.2) is 0 Å². The smallest absolute Gasteiger partial charge is 0.303 e. The molecule has 0 spiro atoms. The average Bonchev–Trinajstić information content (AvgIpc) is 3.26. The summed E-state index contributed by atoms with van der Waals surface area (Å²) >= 11 is 0. The third-order valence-corrected chi connectivity index (χ3v) is 12.6. The van der Waals surface area contributed by atoms with E-state index in [9.17, 15) is 65.8 Å². The topological polar surface area (TPSA) is 396 Å². The van der Waals surface area contributed by atoms with E-state index in [0.717, 1.165) is 0 Å². The molecule has 14 N–H and O–H groups in total. The van der Waals surface area contributed by atoms with Crippen molar-refractivity contribution in [3.63, 3.8) is 0 Å². The second kappa shape index (κ2) is 22.9. The van der Waals surface area contributed by atoms with E-state index >= 15 is 0 Å². The van der Waals surface area contributed by atoms with Crippen LogP contribution >= 0.6 is 0 Å². The van der Waals surface area contributed by atoms with Crippen LogP contribution in [0.25, 0.3) is 0 Å². The van der Waals surface area contributed by atoms with Crippen molar-refractivity contribution in [3.05, 3.63) is 0 Å². The van der Waals surface area contributed by atoms with Gasteiger partial charge in [-0.2, -0.15) is 0 Å². The van der Waals surface area contributed by atoms with Crippen molar-refractivity contribution >= 4 is 11.9 Å². The Kier molecular flexibility index (Phi) is 19.0. The van der Waals surface area contributed by atoms with Crippen LogP contribution in [0.15, 0.2) is 0 Å². The quantitative estimate of drug-likeness (QED) is 0.0603. The number of methoxy groups -OCH3 is 1. The normalized spacial score (nSPS) is 48.4. The summed E-state index contributed by atoms with van der Waals surface area (Å²) in [6, 6.07) is -2.53. The standard InChI is InChI=1S/C38H66N2O24/c1-11-12(2)29(57-15(5)44)38(56-14(11)4)64-32-23(47)19(10-55-35-26(50)24(48)21(45)16(7-41)58-35)61-37(28(32)52)63-31-20(40-13(3)33(39)53)34(54-6)60-18(9-43)30(31)62-36-27(51)25(49)22(46)17(8-42)59-36/h11-14,16-32,34-38,40-43,45-52H,7-10H2,1-6H3,(H2,39,53)/t11-,12+,13?,14?,16?,17?,18?,19?,20?,21-,22-,23-,24+,25+,26?,27?,28?,29?,30+,31-,32+,34+,35+,36-,37+,38+/m1/s1. The maximum Gasteiger partial charge on any atom is 0.303 e. The first kappa shape index (κ1) is 53.0. The van der Waals surface area contributed by atoms with Crippen molar-refractivity contribution < 1.29 is 118 Å². The molecule has 26 nitrogen and oxygen atoms in total. The van der Waals surface area contributed by atoms with Gasteiger partial charge in [-0.15, -0.1) is 0 Å². The maximum atomic E-state index is 12.4. The summed E-state index contributed by atoms with van der Waals surface area (Å²) in [4.78, 5) is 24.7. The highest BCUT2D eigenvalue weighted by molar-refractivity contribution is 5.79. The molecular weight excluding hydrogens is 868 g/mol. The fraction of sp³-hybridized carbons (Fsp3) is 0.947. The SMILES string of the molecule is CO[C@H]1OC(CO)[C@H](O[C@H]2OC(CO)[C@@H](O)[C@H](O)C2O)[C@H](O[C@@H]2OC(CO[C@H]3OC(CO)[C@@H](O)[C@H](O)C3O)[C@@H](O)[C@H](O[C@@H]3OC(C)[C@H](C)[C@H](C)C3OC(C)=O)C2O)C1NC(C)C(N)=O. The number of rotatable bonds is 17. The van der Waals surface area contributed by atoms with Gasteiger partial charge in [0.05, 0.1) is 44.6 Å². The van der Waals surface area contributed by atoms with Crippen LogP contribution in [-0.2, 0) is 61.7 Å². The number of nitrogens with one attached hydrogen (secondary N) is 1. The van der Waals surface area contributed by atoms with Crippen molar-refractivity contribution in [2.45, 2.75) is 182 Å². The largest absolute Gasteiger partial charge is 0.457 e. The Balaban J connectivity index is 1.54. The molecule has 11 unspecified atom stereocenters. The zero-order valence-electron chi connectivity index (χ0n) is 36.1. The summed E-state index contributed by atoms with van der Waals surface area (Å²) in [5, 5.41) is 120. The summed E-state index contributed by atoms with van der Waals surface area (Å²) in [5.41, 5.74) is 5.59. The summed E-state index contributed by atoms with van der Waals surface area (Å²) in [7, 11) is 1.21. The van der Waals surface area contributed by atoms with Crippen molar-refractivity contribution in [1.29, 1.82) is 0 Å². The molecule has 1 amide bonds. The molecular formula is C38H66N2O24. The zero-order valence-corrected chi connectivity index (χ0v) is 36.1. The van der Waals surface area contributed by atoms with Gasteiger partial charge in [0.1, 0.15) is 91.6 Å². The second-order valence-electron chi connectivity index (χ2n) is 16.8. The summed E-state index contributed by atoms with van der Waals surface area (Å²) < 4.78 is 65.0. The zero-order chi connectivity index (χ0) is 47.5. The molecule has 5 fully saturated rings. The van der Waals surface area contributed by atoms with Gasteiger partial charge in [-0.1, -0.05) is 13.8 Å². The third-order valence-electron chi connectivity index (χ3n) is 12.6. The molecule has 5 heterocycles. The van der Waals surface area contributed by atoms with Gasteiger partial charge in [-0.05, 0) is 19.8 Å². The minimum atomic E-state index is -2.02. The van der Waals surface area contributed by atoms with E-state index in [4.69, 9.17) is 57.8 Å². The molecule has 5 aliphatic heterocycles. The first-order valence-electron chi connectivity index (χ1n) is 21.1. The number of ether oxygens (including phenoxy) is 11. The van der Waals surface area contributed by atoms with Crippen molar-refractivity contribution in [2.75, 3.05) is 33.5 Å². The van der Waals surface area contributed by atoms with E-state index in [2.05, 4.69) is 5.32 Å². The van der Waals surface area contributed by atoms with E-state index in [1.165, 1.54) is 21.0 Å². The molecule has 0 aliphatic carbocycles. The number of carbonyl (C=O) groups is 2. The molecule has 26 heteroatoms. The predicted molar refractivity (Wildman–Crippen MR) is 205 cm³/mol. The van der Waals surface area contributed by atoms with Crippen LogP contribution in [0.3, 0.4) is 0 Å². The van der Waals surface area contributed by atoms with Crippen molar-refractivity contribution in [1.82, 2.24) is 5.32 Å². The molecule has 0 aromatic heterocycles. The van der Waals surface area contributed by atoms with Gasteiger partial charge in [0.25, 0.3) is 0 Å². The molecule has 26 atom stereocenters. The Hall–Kier alpha value is -1.94. The Morgan fingerprint density at radius 1 is 0.578 bits per heavy atom. The number of hydrogen-bond donors (Lipinski definition) is 13. The molecule has 0 saturated carbocycles. The number of hydrogen-bond acceptors (Lipinski definition) is 25. The van der Waals surface area contributed by atoms with Crippen LogP contribution in [0, 0.1) is 11.8 Å². The Morgan fingerprint density at radius 3 is 1.62 bits per heavy atom. The minimum absolute atomic E-state index is 0.168. The van der Waals surface area contributed by atoms with E-state index in [-0.39, 0.29) is 11.8 Å². The van der Waals surface area contributed by atoms with Gasteiger partial charge < -0.3 is 114 Å². The van der Waals surface area contributed by atoms with Crippen LogP contribution in [0.4, 0.5) is 0 Å². The lowest BCUT2D eigenvalue weighted by molar-refractivity contribution is -0.387. The van der Waals surface area contributed by atoms with E-state index < -0.39 is 186 Å². The fourth-order valence-corrected chi connectivity index (χ4v) is 8.33. The molecule has 5 aliphatic rings. The lowest BCUT2D eigenvalue weighted by atomic mass is 9.84. The van der Waals surface area contributed by atoms with Gasteiger partial charge >= 0.3 is 5.97 Å². The molecule has 0 aromatic carbocycles. The number of nitrogens with two attached hydrogens (primary N) is 1. The molecule has 0 bridgehead atoms. The highest BCUT2D eigenvalue weighted by atomic mass is 16.8. The number of aliphatic hydroxyl groups excluding tert-OH is 11. The van der Waals surface area contributed by atoms with Crippen LogP contribution in [-0.4, -0.2) is 249 Å². The molecule has 0 aromatic rings. The van der Waals surface area contributed by atoms with E-state index in [1.807, 2.05) is 6.92 Å². The van der Waals surface area contributed by atoms with Gasteiger partial charge in [0.15, 0.2) is 37.6 Å². The molecule has 5 saturated heterocycles. The lowest BCUT2D eigenvalue weighted by Gasteiger charge is -2.51. The summed E-state index contributed by atoms with van der Waals surface area (Å²) in [6.45, 7) is 4.74. The third kappa shape index (κ3) is 11.5. The predicted octanol–water partition coefficient (Wildman–Crippen LogP) is -7.65. The van der Waals surface area contributed by atoms with Crippen molar-refractivity contribution in [2.24, 2.45) is 17.6 Å². The van der Waals surface area contributed by atoms with E-state index in [1.54, 1.807) is 13.8 Å². The highest BCUT2D eigenvalue weighted by Crippen LogP contribution is 2.38. The van der Waals surface area contributed by atoms with Gasteiger partial charge in [0.2, 0.25) is 5.91 Å².